The van der Waals surface area contributed by atoms with Crippen molar-refractivity contribution in [3.05, 3.63) is 35.1 Å². The van der Waals surface area contributed by atoms with Gasteiger partial charge in [-0.1, -0.05) is 0 Å². The molecule has 4 N–H and O–H groups in total. The number of hydrogen-bond acceptors (Lipinski definition) is 6. The van der Waals surface area contributed by atoms with Crippen LogP contribution in [-0.4, -0.2) is 27.0 Å². The molecular weight excluding hydrogens is 256 g/mol. The first-order valence-corrected chi connectivity index (χ1v) is 5.65. The van der Waals surface area contributed by atoms with Crippen molar-refractivity contribution in [2.75, 3.05) is 11.1 Å². The fourth-order valence-electron chi connectivity index (χ4n) is 1.21. The highest BCUT2D eigenvalue weighted by Gasteiger charge is 2.11. The van der Waals surface area contributed by atoms with E-state index in [2.05, 4.69) is 15.3 Å². The van der Waals surface area contributed by atoms with Crippen LogP contribution in [0.25, 0.3) is 0 Å². The second-order valence-corrected chi connectivity index (χ2v) is 4.18. The van der Waals surface area contributed by atoms with E-state index in [0.29, 0.717) is 0 Å². The zero-order chi connectivity index (χ0) is 13.1. The molecule has 2 rings (SSSR count). The number of amides is 1. The number of nitrogens with two attached hydrogens (primary N) is 1. The third kappa shape index (κ3) is 2.61. The third-order valence-corrected chi connectivity index (χ3v) is 2.67. The number of carbonyl (C=O) groups is 2. The number of nitrogens with one attached hydrogen (secondary N) is 1. The maximum absolute atomic E-state index is 11.7. The summed E-state index contributed by atoms with van der Waals surface area (Å²) < 4.78 is 0. The highest BCUT2D eigenvalue weighted by Crippen LogP contribution is 2.14. The summed E-state index contributed by atoms with van der Waals surface area (Å²) in [7, 11) is 0. The number of rotatable bonds is 3. The number of hydrogen-bond donors (Lipinski definition) is 3. The first kappa shape index (κ1) is 12.0. The average Bonchev–Trinajstić information content (AvgIpc) is 2.76. The molecule has 0 aliphatic heterocycles. The van der Waals surface area contributed by atoms with E-state index in [4.69, 9.17) is 10.8 Å². The van der Waals surface area contributed by atoms with Gasteiger partial charge >= 0.3 is 5.97 Å². The molecule has 2 aromatic rings. The lowest BCUT2D eigenvalue weighted by atomic mass is 10.2. The SMILES string of the molecule is Nc1nc(C(=O)Nc2cncc(C(=O)O)c2)cs1. The summed E-state index contributed by atoms with van der Waals surface area (Å²) in [5, 5.41) is 13.1. The van der Waals surface area contributed by atoms with Crippen LogP contribution >= 0.6 is 11.3 Å². The molecule has 8 heteroatoms. The van der Waals surface area contributed by atoms with Crippen molar-refractivity contribution in [1.82, 2.24) is 9.97 Å². The van der Waals surface area contributed by atoms with Crippen LogP contribution in [0.15, 0.2) is 23.8 Å². The molecule has 0 saturated heterocycles. The number of aromatic carboxylic acids is 1. The number of carbonyl (C=O) groups excluding carboxylic acids is 1. The predicted octanol–water partition coefficient (Wildman–Crippen LogP) is 1.07. The Morgan fingerprint density at radius 3 is 2.78 bits per heavy atom. The first-order valence-electron chi connectivity index (χ1n) is 4.77. The molecule has 7 nitrogen and oxygen atoms in total. The number of nitrogen functional groups attached to an aromatic ring is 1. The Bertz CT molecular complexity index is 611. The Kier molecular flexibility index (Phi) is 3.20. The van der Waals surface area contributed by atoms with Gasteiger partial charge in [0.1, 0.15) is 5.69 Å². The van der Waals surface area contributed by atoms with Crippen molar-refractivity contribution in [3.63, 3.8) is 0 Å². The van der Waals surface area contributed by atoms with E-state index < -0.39 is 11.9 Å². The minimum Gasteiger partial charge on any atom is -0.478 e. The van der Waals surface area contributed by atoms with Gasteiger partial charge in [0.2, 0.25) is 0 Å². The van der Waals surface area contributed by atoms with Crippen molar-refractivity contribution < 1.29 is 14.7 Å². The smallest absolute Gasteiger partial charge is 0.337 e. The fraction of sp³-hybridized carbons (Fsp3) is 0. The zero-order valence-corrected chi connectivity index (χ0v) is 9.77. The molecule has 2 heterocycles. The number of aromatic nitrogens is 2. The number of carboxylic acids is 1. The first-order chi connectivity index (χ1) is 8.56. The van der Waals surface area contributed by atoms with Crippen molar-refractivity contribution >= 4 is 34.0 Å². The standard InChI is InChI=1S/C10H8N4O3S/c11-10-14-7(4-18-10)8(15)13-6-1-5(9(16)17)2-12-3-6/h1-4H,(H2,11,14)(H,13,15)(H,16,17). The van der Waals surface area contributed by atoms with Gasteiger partial charge in [-0.3, -0.25) is 9.78 Å². The second-order valence-electron chi connectivity index (χ2n) is 3.29. The number of thiazole rings is 1. The van der Waals surface area contributed by atoms with Gasteiger partial charge in [-0.2, -0.15) is 0 Å². The van der Waals surface area contributed by atoms with Gasteiger partial charge in [-0.25, -0.2) is 9.78 Å². The van der Waals surface area contributed by atoms with Crippen LogP contribution in [-0.2, 0) is 0 Å². The molecule has 0 bridgehead atoms. The largest absolute Gasteiger partial charge is 0.478 e. The molecule has 1 amide bonds. The summed E-state index contributed by atoms with van der Waals surface area (Å²) in [5.41, 5.74) is 5.86. The third-order valence-electron chi connectivity index (χ3n) is 2.00. The van der Waals surface area contributed by atoms with Gasteiger partial charge in [-0.05, 0) is 6.07 Å². The van der Waals surface area contributed by atoms with Gasteiger partial charge in [0.25, 0.3) is 5.91 Å². The van der Waals surface area contributed by atoms with E-state index in [-0.39, 0.29) is 22.1 Å². The van der Waals surface area contributed by atoms with E-state index >= 15 is 0 Å². The monoisotopic (exact) mass is 264 g/mol. The van der Waals surface area contributed by atoms with E-state index in [1.54, 1.807) is 0 Å². The molecule has 2 aromatic heterocycles. The maximum Gasteiger partial charge on any atom is 0.337 e. The maximum atomic E-state index is 11.7. The number of pyridine rings is 1. The molecule has 18 heavy (non-hydrogen) atoms. The Morgan fingerprint density at radius 2 is 2.17 bits per heavy atom. The molecule has 0 aliphatic carbocycles. The lowest BCUT2D eigenvalue weighted by Gasteiger charge is -2.03. The Morgan fingerprint density at radius 1 is 1.39 bits per heavy atom. The highest BCUT2D eigenvalue weighted by atomic mass is 32.1. The quantitative estimate of drug-likeness (QED) is 0.763. The van der Waals surface area contributed by atoms with E-state index in [1.165, 1.54) is 23.8 Å². The van der Waals surface area contributed by atoms with Crippen LogP contribution in [0.2, 0.25) is 0 Å². The molecule has 0 unspecified atom stereocenters. The van der Waals surface area contributed by atoms with Crippen LogP contribution in [0, 0.1) is 0 Å². The van der Waals surface area contributed by atoms with Crippen LogP contribution in [0.3, 0.4) is 0 Å². The summed E-state index contributed by atoms with van der Waals surface area (Å²) in [4.78, 5) is 30.0. The number of anilines is 2. The van der Waals surface area contributed by atoms with Gasteiger partial charge in [0.05, 0.1) is 17.4 Å². The number of carboxylic acid groups (broad SMARTS) is 1. The van der Waals surface area contributed by atoms with Crippen LogP contribution in [0.4, 0.5) is 10.8 Å². The normalized spacial score (nSPS) is 10.0. The van der Waals surface area contributed by atoms with E-state index in [0.717, 1.165) is 11.3 Å². The Labute approximate surface area is 105 Å². The zero-order valence-electron chi connectivity index (χ0n) is 8.95. The van der Waals surface area contributed by atoms with Gasteiger partial charge in [0, 0.05) is 11.6 Å². The summed E-state index contributed by atoms with van der Waals surface area (Å²) >= 11 is 1.15. The highest BCUT2D eigenvalue weighted by molar-refractivity contribution is 7.13. The molecule has 0 saturated carbocycles. The molecule has 0 atom stereocenters. The summed E-state index contributed by atoms with van der Waals surface area (Å²) in [6.45, 7) is 0. The molecule has 0 spiro atoms. The summed E-state index contributed by atoms with van der Waals surface area (Å²) in [6, 6.07) is 1.31. The molecule has 92 valence electrons. The molecule has 0 radical (unpaired) electrons. The Hall–Kier alpha value is -2.48. The number of nitrogens with zero attached hydrogens (tertiary/aromatic N) is 2. The van der Waals surface area contributed by atoms with Crippen LogP contribution in [0.5, 0.6) is 0 Å². The Balaban J connectivity index is 2.16. The minimum absolute atomic E-state index is 0.00871. The average molecular weight is 264 g/mol. The van der Waals surface area contributed by atoms with Crippen molar-refractivity contribution in [2.45, 2.75) is 0 Å². The van der Waals surface area contributed by atoms with Crippen molar-refractivity contribution in [3.8, 4) is 0 Å². The predicted molar refractivity (Wildman–Crippen MR) is 65.7 cm³/mol. The molecular formula is C10H8N4O3S. The van der Waals surface area contributed by atoms with Crippen molar-refractivity contribution in [2.24, 2.45) is 0 Å². The fourth-order valence-corrected chi connectivity index (χ4v) is 1.76. The van der Waals surface area contributed by atoms with E-state index in [9.17, 15) is 9.59 Å². The summed E-state index contributed by atoms with van der Waals surface area (Å²) in [6.07, 6.45) is 2.54. The van der Waals surface area contributed by atoms with Gasteiger partial charge < -0.3 is 16.2 Å². The van der Waals surface area contributed by atoms with Crippen LogP contribution in [0.1, 0.15) is 20.8 Å². The molecule has 0 aromatic carbocycles. The van der Waals surface area contributed by atoms with Crippen LogP contribution < -0.4 is 11.1 Å². The van der Waals surface area contributed by atoms with E-state index in [1.807, 2.05) is 0 Å². The van der Waals surface area contributed by atoms with Gasteiger partial charge in [-0.15, -0.1) is 11.3 Å². The lowest BCUT2D eigenvalue weighted by Crippen LogP contribution is -2.13. The summed E-state index contributed by atoms with van der Waals surface area (Å²) in [5.74, 6) is -1.58. The second kappa shape index (κ2) is 4.80. The minimum atomic E-state index is -1.11. The van der Waals surface area contributed by atoms with Gasteiger partial charge in [0.15, 0.2) is 5.13 Å². The molecule has 0 aliphatic rings. The van der Waals surface area contributed by atoms with Crippen molar-refractivity contribution in [1.29, 1.82) is 0 Å². The lowest BCUT2D eigenvalue weighted by molar-refractivity contribution is 0.0696. The topological polar surface area (TPSA) is 118 Å². The molecule has 0 fully saturated rings.